The number of amides is 1. The highest BCUT2D eigenvalue weighted by atomic mass is 16.6. The van der Waals surface area contributed by atoms with Gasteiger partial charge < -0.3 is 29.2 Å². The van der Waals surface area contributed by atoms with Crippen LogP contribution in [-0.2, 0) is 18.9 Å². The van der Waals surface area contributed by atoms with E-state index in [1.54, 1.807) is 7.11 Å². The highest BCUT2D eigenvalue weighted by molar-refractivity contribution is 5.68. The van der Waals surface area contributed by atoms with Gasteiger partial charge in [-0.05, 0) is 71.9 Å². The second kappa shape index (κ2) is 8.01. The van der Waals surface area contributed by atoms with Crippen molar-refractivity contribution >= 4 is 6.09 Å². The first kappa shape index (κ1) is 21.7. The number of piperidine rings is 3. The Bertz CT molecular complexity index is 725. The monoisotopic (exact) mass is 434 g/mol. The van der Waals surface area contributed by atoms with Crippen molar-refractivity contribution in [1.82, 2.24) is 10.2 Å². The molecule has 6 rings (SSSR count). The summed E-state index contributed by atoms with van der Waals surface area (Å²) < 4.78 is 24.2. The summed E-state index contributed by atoms with van der Waals surface area (Å²) in [5, 5.41) is 3.16. The molecule has 0 aromatic rings. The molecule has 0 aromatic carbocycles. The molecular formula is C24H38N2O5. The fraction of sp³-hybridized carbons (Fsp3) is 0.875. The molecule has 6 fully saturated rings. The molecule has 1 amide bonds. The number of epoxide rings is 2. The maximum absolute atomic E-state index is 12.8. The van der Waals surface area contributed by atoms with E-state index in [0.717, 1.165) is 45.5 Å². The van der Waals surface area contributed by atoms with Crippen LogP contribution >= 0.6 is 0 Å². The smallest absolute Gasteiger partial charge is 0.407 e. The van der Waals surface area contributed by atoms with Crippen LogP contribution in [0.15, 0.2) is 11.6 Å². The highest BCUT2D eigenvalue weighted by Gasteiger charge is 2.72. The summed E-state index contributed by atoms with van der Waals surface area (Å²) in [6, 6.07) is 0.200. The average Bonchev–Trinajstić information content (AvgIpc) is 3.66. The molecular weight excluding hydrogens is 396 g/mol. The number of carbonyl (C=O) groups is 1. The van der Waals surface area contributed by atoms with E-state index < -0.39 is 0 Å². The predicted octanol–water partition coefficient (Wildman–Crippen LogP) is 2.88. The molecule has 6 aliphatic rings. The summed E-state index contributed by atoms with van der Waals surface area (Å²) in [7, 11) is 1.72. The number of ether oxygens (including phenoxy) is 4. The maximum Gasteiger partial charge on any atom is 0.407 e. The van der Waals surface area contributed by atoms with Crippen molar-refractivity contribution in [2.45, 2.75) is 88.4 Å². The van der Waals surface area contributed by atoms with Gasteiger partial charge in [-0.25, -0.2) is 4.79 Å². The summed E-state index contributed by atoms with van der Waals surface area (Å²) in [6.07, 6.45) is 6.45. The van der Waals surface area contributed by atoms with Crippen LogP contribution in [0.1, 0.15) is 52.9 Å². The zero-order valence-corrected chi connectivity index (χ0v) is 19.4. The molecule has 31 heavy (non-hydrogen) atoms. The molecule has 7 nitrogen and oxygen atoms in total. The van der Waals surface area contributed by atoms with Crippen molar-refractivity contribution in [3.63, 3.8) is 0 Å². The number of nitrogens with one attached hydrogen (secondary N) is 1. The Morgan fingerprint density at radius 3 is 2.58 bits per heavy atom. The van der Waals surface area contributed by atoms with Gasteiger partial charge in [-0.1, -0.05) is 11.6 Å². The van der Waals surface area contributed by atoms with Crippen molar-refractivity contribution in [3.05, 3.63) is 11.6 Å². The van der Waals surface area contributed by atoms with Gasteiger partial charge in [0, 0.05) is 19.7 Å². The Morgan fingerprint density at radius 2 is 2.00 bits per heavy atom. The zero-order valence-electron chi connectivity index (χ0n) is 19.4. The molecule has 1 aliphatic carbocycles. The highest BCUT2D eigenvalue weighted by Crippen LogP contribution is 2.59. The van der Waals surface area contributed by atoms with Gasteiger partial charge in [0.2, 0.25) is 0 Å². The van der Waals surface area contributed by atoms with E-state index in [4.69, 9.17) is 18.9 Å². The molecule has 2 unspecified atom stereocenters. The van der Waals surface area contributed by atoms with Crippen molar-refractivity contribution < 1.29 is 23.7 Å². The van der Waals surface area contributed by atoms with Crippen molar-refractivity contribution in [2.24, 2.45) is 11.8 Å². The fourth-order valence-corrected chi connectivity index (χ4v) is 6.52. The van der Waals surface area contributed by atoms with Gasteiger partial charge in [0.15, 0.2) is 0 Å². The minimum Gasteiger partial charge on any atom is -0.443 e. The summed E-state index contributed by atoms with van der Waals surface area (Å²) in [5.41, 5.74) is 0.798. The molecule has 0 radical (unpaired) electrons. The summed E-state index contributed by atoms with van der Waals surface area (Å²) >= 11 is 0. The molecule has 7 atom stereocenters. The second-order valence-electron chi connectivity index (χ2n) is 10.7. The molecule has 5 heterocycles. The number of carbonyl (C=O) groups excluding carboxylic acids is 1. The van der Waals surface area contributed by atoms with Gasteiger partial charge in [-0.3, -0.25) is 0 Å². The fourth-order valence-electron chi connectivity index (χ4n) is 6.52. The first-order valence-corrected chi connectivity index (χ1v) is 12.0. The van der Waals surface area contributed by atoms with Crippen LogP contribution in [0.4, 0.5) is 4.79 Å². The topological polar surface area (TPSA) is 75.9 Å². The quantitative estimate of drug-likeness (QED) is 0.512. The third-order valence-corrected chi connectivity index (χ3v) is 8.45. The normalized spacial score (nSPS) is 47.7. The van der Waals surface area contributed by atoms with Crippen LogP contribution in [-0.4, -0.2) is 79.9 Å². The Hall–Kier alpha value is -1.15. The zero-order chi connectivity index (χ0) is 21.8. The van der Waals surface area contributed by atoms with Crippen LogP contribution < -0.4 is 5.32 Å². The van der Waals surface area contributed by atoms with E-state index in [0.29, 0.717) is 5.92 Å². The van der Waals surface area contributed by atoms with Gasteiger partial charge in [-0.15, -0.1) is 0 Å². The van der Waals surface area contributed by atoms with Gasteiger partial charge in [-0.2, -0.15) is 0 Å². The summed E-state index contributed by atoms with van der Waals surface area (Å²) in [5.74, 6) is 0.636. The molecule has 1 N–H and O–H groups in total. The number of alkyl carbamates (subject to hydrolysis) is 1. The predicted molar refractivity (Wildman–Crippen MR) is 116 cm³/mol. The Morgan fingerprint density at radius 1 is 1.26 bits per heavy atom. The molecule has 5 aliphatic heterocycles. The van der Waals surface area contributed by atoms with E-state index in [1.165, 1.54) is 18.4 Å². The third kappa shape index (κ3) is 4.03. The van der Waals surface area contributed by atoms with Crippen LogP contribution in [0.2, 0.25) is 0 Å². The van der Waals surface area contributed by atoms with E-state index in [2.05, 4.69) is 37.1 Å². The average molecular weight is 435 g/mol. The van der Waals surface area contributed by atoms with Crippen molar-refractivity contribution in [1.29, 1.82) is 0 Å². The van der Waals surface area contributed by atoms with Crippen molar-refractivity contribution in [2.75, 3.05) is 33.4 Å². The molecule has 174 valence electrons. The first-order chi connectivity index (χ1) is 14.8. The number of allylic oxidation sites excluding steroid dienone is 1. The number of hydrogen-bond donors (Lipinski definition) is 1. The Balaban J connectivity index is 1.25. The molecule has 1 spiro atoms. The van der Waals surface area contributed by atoms with E-state index in [9.17, 15) is 4.79 Å². The minimum atomic E-state index is -0.308. The minimum absolute atomic E-state index is 0.0592. The lowest BCUT2D eigenvalue weighted by molar-refractivity contribution is -0.118. The second-order valence-corrected chi connectivity index (χ2v) is 10.7. The molecule has 0 aromatic heterocycles. The number of nitrogens with zero attached hydrogens (tertiary/aromatic N) is 1. The van der Waals surface area contributed by atoms with E-state index in [-0.39, 0.29) is 47.6 Å². The van der Waals surface area contributed by atoms with Gasteiger partial charge in [0.1, 0.15) is 23.4 Å². The maximum atomic E-state index is 12.8. The summed E-state index contributed by atoms with van der Waals surface area (Å²) in [6.45, 7) is 10.4. The lowest BCUT2D eigenvalue weighted by Crippen LogP contribution is -2.59. The van der Waals surface area contributed by atoms with Gasteiger partial charge >= 0.3 is 6.09 Å². The van der Waals surface area contributed by atoms with E-state index in [1.807, 2.05) is 0 Å². The molecule has 2 bridgehead atoms. The Labute approximate surface area is 185 Å². The lowest BCUT2D eigenvalue weighted by atomic mass is 9.68. The van der Waals surface area contributed by atoms with Crippen LogP contribution in [0.5, 0.6) is 0 Å². The van der Waals surface area contributed by atoms with Crippen LogP contribution in [0, 0.1) is 11.8 Å². The van der Waals surface area contributed by atoms with Crippen LogP contribution in [0.25, 0.3) is 0 Å². The third-order valence-electron chi connectivity index (χ3n) is 8.45. The first-order valence-electron chi connectivity index (χ1n) is 12.0. The lowest BCUT2D eigenvalue weighted by Gasteiger charge is -2.45. The molecule has 1 saturated carbocycles. The largest absolute Gasteiger partial charge is 0.443 e. The number of fused-ring (bicyclic) bond motifs is 3. The number of rotatable bonds is 6. The van der Waals surface area contributed by atoms with Gasteiger partial charge in [0.05, 0.1) is 18.6 Å². The number of methoxy groups -OCH3 is 1. The van der Waals surface area contributed by atoms with E-state index >= 15 is 0 Å². The SMILES string of the molecule is CO[C@@H]1[C@H](OC(=O)NC2CN3CCC2CC3)CC[C@]2(CO2)[C@H]1[C@@]1(C)OC1CC=C(C)C. The molecule has 7 heteroatoms. The van der Waals surface area contributed by atoms with Crippen molar-refractivity contribution in [3.8, 4) is 0 Å². The standard InChI is InChI=1S/C24H38N2O5/c1-15(2)5-6-19-23(3,31-19)21-20(28-4)18(7-10-24(21)14-29-24)30-22(27)25-17-13-26-11-8-16(17)9-12-26/h5,16-21H,6-14H2,1-4H3,(H,25,27)/t17?,18-,19?,20-,21-,23+,24+/m1/s1. The van der Waals surface area contributed by atoms with Crippen LogP contribution in [0.3, 0.4) is 0 Å². The molecule has 5 saturated heterocycles. The Kier molecular flexibility index (Phi) is 5.60. The summed E-state index contributed by atoms with van der Waals surface area (Å²) in [4.78, 5) is 15.3. The number of hydrogen-bond acceptors (Lipinski definition) is 6. The van der Waals surface area contributed by atoms with Gasteiger partial charge in [0.25, 0.3) is 0 Å².